The van der Waals surface area contributed by atoms with E-state index in [1.165, 1.54) is 0 Å². The van der Waals surface area contributed by atoms with Gasteiger partial charge in [0, 0.05) is 11.3 Å². The van der Waals surface area contributed by atoms with Gasteiger partial charge in [-0.25, -0.2) is 0 Å². The molecule has 2 radical (unpaired) electrons. The molecule has 124 valence electrons. The van der Waals surface area contributed by atoms with E-state index in [1.54, 1.807) is 0 Å². The van der Waals surface area contributed by atoms with E-state index in [9.17, 15) is 0 Å². The van der Waals surface area contributed by atoms with E-state index in [-0.39, 0.29) is 0 Å². The molecule has 2 N–H and O–H groups in total. The van der Waals surface area contributed by atoms with Crippen molar-refractivity contribution in [1.82, 2.24) is 0 Å². The van der Waals surface area contributed by atoms with Crippen LogP contribution >= 0.6 is 0 Å². The van der Waals surface area contributed by atoms with E-state index in [1.807, 2.05) is 48.5 Å². The van der Waals surface area contributed by atoms with Crippen molar-refractivity contribution in [2.24, 2.45) is 0 Å². The predicted octanol–water partition coefficient (Wildman–Crippen LogP) is 5.48. The Kier molecular flexibility index (Phi) is 5.53. The fraction of sp³-hybridized carbons (Fsp3) is 0.0870. The maximum atomic E-state index is 6.20. The van der Waals surface area contributed by atoms with Crippen LogP contribution in [-0.4, -0.2) is 6.61 Å². The highest BCUT2D eigenvalue weighted by Crippen LogP contribution is 2.26. The van der Waals surface area contributed by atoms with Crippen molar-refractivity contribution in [3.63, 3.8) is 0 Å². The molecule has 0 atom stereocenters. The van der Waals surface area contributed by atoms with Crippen LogP contribution in [0.25, 0.3) is 17.2 Å². The number of hydrogen-bond donors (Lipinski definition) is 1. The third-order valence-corrected chi connectivity index (χ3v) is 3.90. The largest absolute Gasteiger partial charge is 0.493 e. The maximum Gasteiger partial charge on any atom is 0.119 e. The van der Waals surface area contributed by atoms with Gasteiger partial charge in [0.15, 0.2) is 0 Å². The van der Waals surface area contributed by atoms with Crippen LogP contribution in [0.2, 0.25) is 0 Å². The molecule has 0 aromatic heterocycles. The second-order valence-corrected chi connectivity index (χ2v) is 5.82. The van der Waals surface area contributed by atoms with Gasteiger partial charge < -0.3 is 10.5 Å². The first-order valence-electron chi connectivity index (χ1n) is 8.32. The molecule has 0 heterocycles. The van der Waals surface area contributed by atoms with Crippen molar-refractivity contribution >= 4 is 11.8 Å². The number of benzene rings is 3. The standard InChI is InChI=1S/C23H21NO/c1-18-10-13-21(14-11-18)25-16-6-5-7-19-12-15-22(23(24)17-19)20-8-3-2-4-9-20/h1-5,7-15,17H,6,16,24H2/b7-5+. The van der Waals surface area contributed by atoms with E-state index < -0.39 is 0 Å². The molecule has 3 aromatic carbocycles. The molecule has 2 heteroatoms. The third kappa shape index (κ3) is 4.74. The Morgan fingerprint density at radius 3 is 2.40 bits per heavy atom. The second kappa shape index (κ2) is 8.20. The summed E-state index contributed by atoms with van der Waals surface area (Å²) >= 11 is 0. The molecule has 0 aliphatic carbocycles. The highest BCUT2D eigenvalue weighted by atomic mass is 16.5. The number of anilines is 1. The lowest BCUT2D eigenvalue weighted by atomic mass is 10.0. The summed E-state index contributed by atoms with van der Waals surface area (Å²) in [7, 11) is 0. The van der Waals surface area contributed by atoms with Crippen LogP contribution in [0, 0.1) is 6.92 Å². The number of nitrogen functional groups attached to an aromatic ring is 1. The van der Waals surface area contributed by atoms with Crippen LogP contribution in [-0.2, 0) is 0 Å². The minimum absolute atomic E-state index is 0.623. The first-order chi connectivity index (χ1) is 12.2. The highest BCUT2D eigenvalue weighted by Gasteiger charge is 2.02. The van der Waals surface area contributed by atoms with Gasteiger partial charge in [0.25, 0.3) is 0 Å². The predicted molar refractivity (Wildman–Crippen MR) is 105 cm³/mol. The molecule has 2 nitrogen and oxygen atoms in total. The SMILES string of the molecule is [CH]c1ccc(OCC/C=C/c2ccc(-c3ccccc3)c(N)c2)cc1. The minimum Gasteiger partial charge on any atom is -0.493 e. The summed E-state index contributed by atoms with van der Waals surface area (Å²) in [5, 5.41) is 0. The topological polar surface area (TPSA) is 35.2 Å². The highest BCUT2D eigenvalue weighted by molar-refractivity contribution is 5.78. The average molecular weight is 327 g/mol. The van der Waals surface area contributed by atoms with Gasteiger partial charge in [-0.1, -0.05) is 66.7 Å². The average Bonchev–Trinajstić information content (AvgIpc) is 2.64. The molecule has 0 aliphatic heterocycles. The zero-order valence-corrected chi connectivity index (χ0v) is 14.1. The molecule has 0 spiro atoms. The van der Waals surface area contributed by atoms with Crippen LogP contribution in [0.5, 0.6) is 5.75 Å². The fourth-order valence-electron chi connectivity index (χ4n) is 2.59. The lowest BCUT2D eigenvalue weighted by Gasteiger charge is -2.07. The molecular weight excluding hydrogens is 306 g/mol. The Hall–Kier alpha value is -3.00. The van der Waals surface area contributed by atoms with Crippen molar-refractivity contribution in [1.29, 1.82) is 0 Å². The zero-order chi connectivity index (χ0) is 17.5. The second-order valence-electron chi connectivity index (χ2n) is 5.82. The minimum atomic E-state index is 0.623. The molecule has 3 rings (SSSR count). The summed E-state index contributed by atoms with van der Waals surface area (Å²) in [6, 6.07) is 23.7. The Labute approximate surface area is 149 Å². The van der Waals surface area contributed by atoms with Crippen LogP contribution < -0.4 is 10.5 Å². The smallest absolute Gasteiger partial charge is 0.119 e. The van der Waals surface area contributed by atoms with E-state index in [0.717, 1.165) is 40.1 Å². The van der Waals surface area contributed by atoms with Crippen LogP contribution in [0.1, 0.15) is 17.5 Å². The van der Waals surface area contributed by atoms with Crippen LogP contribution in [0.4, 0.5) is 5.69 Å². The quantitative estimate of drug-likeness (QED) is 0.481. The third-order valence-electron chi connectivity index (χ3n) is 3.90. The van der Waals surface area contributed by atoms with Crippen molar-refractivity contribution < 1.29 is 4.74 Å². The van der Waals surface area contributed by atoms with Crippen molar-refractivity contribution in [3.8, 4) is 16.9 Å². The van der Waals surface area contributed by atoms with Gasteiger partial charge in [-0.15, -0.1) is 0 Å². The normalized spacial score (nSPS) is 10.9. The van der Waals surface area contributed by atoms with Gasteiger partial charge in [-0.3, -0.25) is 0 Å². The molecule has 0 bridgehead atoms. The summed E-state index contributed by atoms with van der Waals surface area (Å²) in [5.41, 5.74) is 11.0. The number of rotatable bonds is 6. The summed E-state index contributed by atoms with van der Waals surface area (Å²) in [6.45, 7) is 6.27. The van der Waals surface area contributed by atoms with Crippen LogP contribution in [0.15, 0.2) is 78.9 Å². The summed E-state index contributed by atoms with van der Waals surface area (Å²) in [4.78, 5) is 0. The van der Waals surface area contributed by atoms with Crippen molar-refractivity contribution in [2.75, 3.05) is 12.3 Å². The number of ether oxygens (including phenoxy) is 1. The molecule has 0 amide bonds. The van der Waals surface area contributed by atoms with E-state index >= 15 is 0 Å². The van der Waals surface area contributed by atoms with Gasteiger partial charge in [0.1, 0.15) is 5.75 Å². The lowest BCUT2D eigenvalue weighted by molar-refractivity contribution is 0.325. The number of hydrogen-bond acceptors (Lipinski definition) is 2. The van der Waals surface area contributed by atoms with E-state index in [0.29, 0.717) is 6.61 Å². The Morgan fingerprint density at radius 1 is 0.920 bits per heavy atom. The van der Waals surface area contributed by atoms with Crippen LogP contribution in [0.3, 0.4) is 0 Å². The number of nitrogens with two attached hydrogens (primary N) is 1. The molecule has 0 fully saturated rings. The zero-order valence-electron chi connectivity index (χ0n) is 14.1. The van der Waals surface area contributed by atoms with E-state index in [4.69, 9.17) is 17.4 Å². The fourth-order valence-corrected chi connectivity index (χ4v) is 2.59. The van der Waals surface area contributed by atoms with Crippen molar-refractivity contribution in [3.05, 3.63) is 96.9 Å². The first-order valence-corrected chi connectivity index (χ1v) is 8.32. The van der Waals surface area contributed by atoms with E-state index in [2.05, 4.69) is 36.4 Å². The van der Waals surface area contributed by atoms with Gasteiger partial charge in [0.05, 0.1) is 6.61 Å². The molecule has 0 saturated carbocycles. The monoisotopic (exact) mass is 327 g/mol. The molecule has 0 unspecified atom stereocenters. The molecule has 0 aliphatic rings. The maximum absolute atomic E-state index is 6.20. The molecular formula is C23H21NO. The van der Waals surface area contributed by atoms with Gasteiger partial charge in [0.2, 0.25) is 0 Å². The summed E-state index contributed by atoms with van der Waals surface area (Å²) in [6.07, 6.45) is 4.98. The summed E-state index contributed by atoms with van der Waals surface area (Å²) < 4.78 is 5.67. The lowest BCUT2D eigenvalue weighted by Crippen LogP contribution is -1.95. The van der Waals surface area contributed by atoms with Gasteiger partial charge in [-0.2, -0.15) is 0 Å². The molecule has 0 saturated heterocycles. The Bertz CT molecular complexity index is 836. The van der Waals surface area contributed by atoms with Crippen molar-refractivity contribution in [2.45, 2.75) is 6.42 Å². The van der Waals surface area contributed by atoms with Gasteiger partial charge >= 0.3 is 0 Å². The Morgan fingerprint density at radius 2 is 1.68 bits per heavy atom. The van der Waals surface area contributed by atoms with Gasteiger partial charge in [-0.05, 0) is 48.2 Å². The molecule has 25 heavy (non-hydrogen) atoms. The molecule has 3 aromatic rings. The Balaban J connectivity index is 1.55. The summed E-state index contributed by atoms with van der Waals surface area (Å²) in [5.74, 6) is 0.832. The first kappa shape index (κ1) is 16.8.